The Morgan fingerprint density at radius 2 is 1.50 bits per heavy atom. The van der Waals surface area contributed by atoms with Crippen LogP contribution in [0, 0.1) is 53.1 Å². The molecule has 0 heterocycles. The second-order valence-electron chi connectivity index (χ2n) is 10.8. The van der Waals surface area contributed by atoms with Crippen LogP contribution >= 0.6 is 7.60 Å². The highest BCUT2D eigenvalue weighted by Crippen LogP contribution is 2.74. The van der Waals surface area contributed by atoms with E-state index in [0.29, 0.717) is 23.3 Å². The van der Waals surface area contributed by atoms with E-state index < -0.39 is 19.2 Å². The van der Waals surface area contributed by atoms with Crippen molar-refractivity contribution in [3.8, 4) is 5.75 Å². The molecule has 0 saturated heterocycles. The van der Waals surface area contributed by atoms with Crippen molar-refractivity contribution in [1.82, 2.24) is 0 Å². The zero-order valence-electron chi connectivity index (χ0n) is 17.0. The van der Waals surface area contributed by atoms with Gasteiger partial charge in [-0.3, -0.25) is 4.57 Å². The lowest BCUT2D eigenvalue weighted by atomic mass is 9.32. The number of benzene rings is 1. The van der Waals surface area contributed by atoms with Gasteiger partial charge in [0.2, 0.25) is 5.82 Å². The predicted molar refractivity (Wildman–Crippen MR) is 107 cm³/mol. The van der Waals surface area contributed by atoms with E-state index in [1.165, 1.54) is 25.3 Å². The molecule has 7 aliphatic rings. The normalized spacial score (nSPS) is 42.9. The summed E-state index contributed by atoms with van der Waals surface area (Å²) < 4.78 is 46.4. The van der Waals surface area contributed by atoms with Crippen molar-refractivity contribution in [1.29, 1.82) is 0 Å². The Hall–Kier alpha value is -0.970. The highest BCUT2D eigenvalue weighted by Gasteiger charge is 2.67. The Morgan fingerprint density at radius 3 is 2.03 bits per heavy atom. The number of rotatable bonds is 6. The van der Waals surface area contributed by atoms with Gasteiger partial charge in [-0.2, -0.15) is 4.39 Å². The van der Waals surface area contributed by atoms with E-state index in [-0.39, 0.29) is 30.4 Å². The van der Waals surface area contributed by atoms with E-state index in [4.69, 9.17) is 14.5 Å². The molecule has 0 atom stereocenters. The van der Waals surface area contributed by atoms with Crippen LogP contribution in [0.25, 0.3) is 0 Å². The zero-order valence-corrected chi connectivity index (χ0v) is 17.9. The number of halogens is 2. The molecule has 7 heteroatoms. The summed E-state index contributed by atoms with van der Waals surface area (Å²) in [7, 11) is -4.11. The van der Waals surface area contributed by atoms with Crippen LogP contribution in [0.1, 0.15) is 50.5 Å². The summed E-state index contributed by atoms with van der Waals surface area (Å²) in [5.74, 6) is 3.58. The van der Waals surface area contributed by atoms with Crippen LogP contribution in [0.4, 0.5) is 8.78 Å². The Bertz CT molecular complexity index is 868. The third-order valence-corrected chi connectivity index (χ3v) is 10.4. The summed E-state index contributed by atoms with van der Waals surface area (Å²) in [6.45, 7) is -0.0512. The summed E-state index contributed by atoms with van der Waals surface area (Å²) in [4.78, 5) is 17.8. The van der Waals surface area contributed by atoms with Gasteiger partial charge in [0.15, 0.2) is 11.6 Å². The molecule has 0 spiro atoms. The molecule has 0 radical (unpaired) electrons. The molecular weight excluding hydrogens is 409 g/mol. The highest BCUT2D eigenvalue weighted by molar-refractivity contribution is 7.51. The van der Waals surface area contributed by atoms with Crippen molar-refractivity contribution in [2.24, 2.45) is 41.4 Å². The van der Waals surface area contributed by atoms with Gasteiger partial charge in [-0.25, -0.2) is 4.39 Å². The molecule has 30 heavy (non-hydrogen) atoms. The van der Waals surface area contributed by atoms with Crippen LogP contribution in [0.5, 0.6) is 5.75 Å². The van der Waals surface area contributed by atoms with Crippen LogP contribution < -0.4 is 4.74 Å². The Balaban J connectivity index is 1.25. The number of hydrogen-bond acceptors (Lipinski definition) is 2. The van der Waals surface area contributed by atoms with Crippen molar-refractivity contribution in [2.75, 3.05) is 12.8 Å². The van der Waals surface area contributed by atoms with E-state index in [0.717, 1.165) is 42.9 Å². The molecule has 0 aromatic heterocycles. The summed E-state index contributed by atoms with van der Waals surface area (Å²) in [6, 6.07) is 3.24. The van der Waals surface area contributed by atoms with Gasteiger partial charge in [0.05, 0.1) is 12.8 Å². The van der Waals surface area contributed by atoms with Crippen LogP contribution in [-0.2, 0) is 9.98 Å². The van der Waals surface area contributed by atoms with E-state index in [1.807, 2.05) is 0 Å². The van der Waals surface area contributed by atoms with Crippen LogP contribution in [0.15, 0.2) is 12.1 Å². The molecule has 0 unspecified atom stereocenters. The number of ether oxygens (including phenoxy) is 1. The first kappa shape index (κ1) is 19.7. The summed E-state index contributed by atoms with van der Waals surface area (Å²) in [5.41, 5.74) is 0.313. The average Bonchev–Trinajstić information content (AvgIpc) is 2.70. The molecule has 7 aliphatic carbocycles. The third kappa shape index (κ3) is 2.79. The largest absolute Gasteiger partial charge is 0.490 e. The van der Waals surface area contributed by atoms with E-state index in [1.54, 1.807) is 6.07 Å². The van der Waals surface area contributed by atoms with Crippen molar-refractivity contribution >= 4 is 7.60 Å². The fraction of sp³-hybridized carbons (Fsp3) is 0.739. The quantitative estimate of drug-likeness (QED) is 0.491. The fourth-order valence-electron chi connectivity index (χ4n) is 8.74. The molecule has 0 amide bonds. The van der Waals surface area contributed by atoms with Gasteiger partial charge in [0, 0.05) is 0 Å². The zero-order chi connectivity index (χ0) is 20.8. The lowest BCUT2D eigenvalue weighted by molar-refractivity contribution is -0.212. The Labute approximate surface area is 175 Å². The molecule has 8 bridgehead atoms. The molecule has 164 valence electrons. The van der Waals surface area contributed by atoms with Gasteiger partial charge in [-0.15, -0.1) is 0 Å². The van der Waals surface area contributed by atoms with Crippen molar-refractivity contribution in [3.05, 3.63) is 29.3 Å². The number of hydrogen-bond donors (Lipinski definition) is 2. The van der Waals surface area contributed by atoms with Gasteiger partial charge in [-0.1, -0.05) is 6.07 Å². The van der Waals surface area contributed by atoms with Gasteiger partial charge >= 0.3 is 7.60 Å². The Kier molecular flexibility index (Phi) is 4.28. The molecule has 1 aromatic rings. The smallest absolute Gasteiger partial charge is 0.325 e. The first-order valence-electron chi connectivity index (χ1n) is 11.4. The average molecular weight is 438 g/mol. The predicted octanol–water partition coefficient (Wildman–Crippen LogP) is 4.87. The monoisotopic (exact) mass is 438 g/mol. The van der Waals surface area contributed by atoms with Gasteiger partial charge < -0.3 is 14.5 Å². The minimum Gasteiger partial charge on any atom is -0.490 e. The minimum absolute atomic E-state index is 0.0512. The van der Waals surface area contributed by atoms with Gasteiger partial charge in [-0.05, 0) is 103 Å². The van der Waals surface area contributed by atoms with Crippen molar-refractivity contribution in [2.45, 2.75) is 50.4 Å². The molecular formula is C23H29F2O4P. The van der Waals surface area contributed by atoms with Gasteiger partial charge in [0.1, 0.15) is 0 Å². The molecule has 7 fully saturated rings. The van der Waals surface area contributed by atoms with Crippen molar-refractivity contribution < 1.29 is 27.9 Å². The second-order valence-corrected chi connectivity index (χ2v) is 12.6. The van der Waals surface area contributed by atoms with Crippen LogP contribution in [0.3, 0.4) is 0 Å². The molecule has 8 rings (SSSR count). The minimum atomic E-state index is -4.11. The molecule has 0 aliphatic heterocycles. The fourth-order valence-corrected chi connectivity index (χ4v) is 9.29. The van der Waals surface area contributed by atoms with E-state index >= 15 is 4.39 Å². The van der Waals surface area contributed by atoms with E-state index in [9.17, 15) is 8.96 Å². The Morgan fingerprint density at radius 1 is 0.933 bits per heavy atom. The standard InChI is InChI=1S/C23H29F2O4P/c24-21-19(2-3-20(22(21)25)29-4-1-5-30(26,27)28)23-9-16-13-6-12-7-14(16)18(11-23)15(8-12)17(13)10-23/h2-3,12-18H,1,4-11H2,(H2,26,27,28)/t12?,13-,14?,15?,16?,17?,18-,23-. The molecule has 1 aromatic carbocycles. The van der Waals surface area contributed by atoms with Crippen LogP contribution in [-0.4, -0.2) is 22.6 Å². The second kappa shape index (κ2) is 6.52. The summed E-state index contributed by atoms with van der Waals surface area (Å²) in [5, 5.41) is 0. The van der Waals surface area contributed by atoms with Crippen LogP contribution in [0.2, 0.25) is 0 Å². The molecule has 7 saturated carbocycles. The first-order valence-corrected chi connectivity index (χ1v) is 13.2. The third-order valence-electron chi connectivity index (χ3n) is 9.47. The maximum atomic E-state index is 15.3. The topological polar surface area (TPSA) is 66.8 Å². The molecule has 2 N–H and O–H groups in total. The first-order chi connectivity index (χ1) is 14.3. The van der Waals surface area contributed by atoms with Gasteiger partial charge in [0.25, 0.3) is 0 Å². The van der Waals surface area contributed by atoms with Crippen molar-refractivity contribution in [3.63, 3.8) is 0 Å². The maximum Gasteiger partial charge on any atom is 0.325 e. The molecule has 4 nitrogen and oxygen atoms in total. The lowest BCUT2D eigenvalue weighted by Gasteiger charge is -2.72. The SMILES string of the molecule is O=P(O)(O)CCCOc1ccc([C@]23CC4C5CC6CC(C(C2)[C@@H]4C6)[C@@H]5C3)c(F)c1F. The summed E-state index contributed by atoms with van der Waals surface area (Å²) in [6.07, 6.45) is 6.88. The lowest BCUT2D eigenvalue weighted by Crippen LogP contribution is -2.66. The summed E-state index contributed by atoms with van der Waals surface area (Å²) >= 11 is 0. The maximum absolute atomic E-state index is 15.3. The highest BCUT2D eigenvalue weighted by atomic mass is 31.2. The van der Waals surface area contributed by atoms with E-state index in [2.05, 4.69) is 0 Å².